The Kier molecular flexibility index (Phi) is 6.04. The Labute approximate surface area is 185 Å². The van der Waals surface area contributed by atoms with E-state index in [1.165, 1.54) is 0 Å². The summed E-state index contributed by atoms with van der Waals surface area (Å²) in [5.41, 5.74) is 7.57. The van der Waals surface area contributed by atoms with Crippen molar-refractivity contribution in [3.05, 3.63) is 105 Å². The highest BCUT2D eigenvalue weighted by molar-refractivity contribution is 6.35. The van der Waals surface area contributed by atoms with Crippen LogP contribution in [0.4, 0.5) is 0 Å². The van der Waals surface area contributed by atoms with Crippen molar-refractivity contribution in [1.29, 1.82) is 5.26 Å². The van der Waals surface area contributed by atoms with Crippen LogP contribution in [-0.4, -0.2) is 10.8 Å². The lowest BCUT2D eigenvalue weighted by Gasteiger charge is -2.07. The zero-order valence-corrected chi connectivity index (χ0v) is 17.5. The van der Waals surface area contributed by atoms with E-state index in [9.17, 15) is 5.26 Å². The maximum Gasteiger partial charge on any atom is 0.0995 e. The molecule has 0 saturated heterocycles. The van der Waals surface area contributed by atoms with Crippen LogP contribution in [0.25, 0.3) is 10.9 Å². The van der Waals surface area contributed by atoms with E-state index in [0.29, 0.717) is 28.7 Å². The second-order valence-electron chi connectivity index (χ2n) is 6.79. The van der Waals surface area contributed by atoms with Gasteiger partial charge in [0.15, 0.2) is 0 Å². The summed E-state index contributed by atoms with van der Waals surface area (Å²) < 4.78 is 2.14. The van der Waals surface area contributed by atoms with Crippen LogP contribution in [0.3, 0.4) is 0 Å². The van der Waals surface area contributed by atoms with Crippen LogP contribution in [0.2, 0.25) is 10.0 Å². The number of rotatable bonds is 6. The van der Waals surface area contributed by atoms with Crippen molar-refractivity contribution in [3.63, 3.8) is 0 Å². The third-order valence-corrected chi connectivity index (χ3v) is 5.62. The third-order valence-electron chi connectivity index (χ3n) is 4.91. The van der Waals surface area contributed by atoms with E-state index < -0.39 is 0 Å². The Balaban J connectivity index is 1.58. The normalized spacial score (nSPS) is 11.1. The Morgan fingerprint density at radius 2 is 1.70 bits per heavy atom. The molecule has 0 atom stereocenters. The molecule has 148 valence electrons. The number of hydrogen-bond donors (Lipinski definition) is 1. The summed E-state index contributed by atoms with van der Waals surface area (Å²) in [5, 5.41) is 16.1. The fraction of sp³-hybridized carbons (Fsp3) is 0.0833. The molecule has 1 heterocycles. The topological polar surface area (TPSA) is 53.1 Å². The van der Waals surface area contributed by atoms with Crippen LogP contribution in [-0.2, 0) is 13.1 Å². The van der Waals surface area contributed by atoms with Crippen LogP contribution in [0.15, 0.2) is 78.0 Å². The lowest BCUT2D eigenvalue weighted by Crippen LogP contribution is -2.06. The molecule has 0 amide bonds. The number of nitrogens with one attached hydrogen (secondary N) is 1. The van der Waals surface area contributed by atoms with Crippen molar-refractivity contribution in [2.24, 2.45) is 5.10 Å². The largest absolute Gasteiger partial charge is 0.342 e. The smallest absolute Gasteiger partial charge is 0.0995 e. The molecular formula is C24H18Cl2N4. The molecule has 0 fully saturated rings. The number of fused-ring (bicyclic) bond motifs is 1. The summed E-state index contributed by atoms with van der Waals surface area (Å²) in [4.78, 5) is 0. The quantitative estimate of drug-likeness (QED) is 0.300. The van der Waals surface area contributed by atoms with Crippen molar-refractivity contribution in [3.8, 4) is 6.07 Å². The monoisotopic (exact) mass is 432 g/mol. The number of benzene rings is 3. The molecule has 0 aliphatic heterocycles. The van der Waals surface area contributed by atoms with Crippen LogP contribution in [0.5, 0.6) is 0 Å². The van der Waals surface area contributed by atoms with Gasteiger partial charge in [-0.25, -0.2) is 0 Å². The molecule has 1 aromatic heterocycles. The van der Waals surface area contributed by atoms with E-state index in [2.05, 4.69) is 33.3 Å². The van der Waals surface area contributed by atoms with Gasteiger partial charge in [-0.1, -0.05) is 65.7 Å². The molecule has 6 heteroatoms. The maximum atomic E-state index is 9.38. The van der Waals surface area contributed by atoms with Gasteiger partial charge in [-0.05, 0) is 29.8 Å². The molecule has 3 aromatic carbocycles. The highest BCUT2D eigenvalue weighted by Crippen LogP contribution is 2.24. The predicted molar refractivity (Wildman–Crippen MR) is 123 cm³/mol. The number of halogens is 2. The maximum absolute atomic E-state index is 9.38. The first-order valence-corrected chi connectivity index (χ1v) is 10.2. The summed E-state index contributed by atoms with van der Waals surface area (Å²) in [7, 11) is 0. The Bertz CT molecular complexity index is 1250. The van der Waals surface area contributed by atoms with E-state index in [1.54, 1.807) is 18.3 Å². The Morgan fingerprint density at radius 1 is 0.967 bits per heavy atom. The summed E-state index contributed by atoms with van der Waals surface area (Å²) in [6, 6.07) is 23.5. The van der Waals surface area contributed by atoms with E-state index in [-0.39, 0.29) is 0 Å². The number of para-hydroxylation sites is 1. The summed E-state index contributed by atoms with van der Waals surface area (Å²) in [6.45, 7) is 1.05. The molecule has 1 N–H and O–H groups in total. The molecule has 30 heavy (non-hydrogen) atoms. The van der Waals surface area contributed by atoms with Crippen LogP contribution >= 0.6 is 23.2 Å². The van der Waals surface area contributed by atoms with Gasteiger partial charge < -0.3 is 9.99 Å². The molecule has 0 saturated carbocycles. The summed E-state index contributed by atoms with van der Waals surface area (Å²) in [6.07, 6.45) is 3.84. The van der Waals surface area contributed by atoms with Crippen LogP contribution < -0.4 is 5.43 Å². The molecule has 0 radical (unpaired) electrons. The van der Waals surface area contributed by atoms with Crippen LogP contribution in [0.1, 0.15) is 22.3 Å². The molecule has 0 aliphatic carbocycles. The van der Waals surface area contributed by atoms with Gasteiger partial charge in [0.1, 0.15) is 0 Å². The molecule has 0 aliphatic rings. The number of hydrazone groups is 1. The second-order valence-corrected chi connectivity index (χ2v) is 7.61. The van der Waals surface area contributed by atoms with Gasteiger partial charge in [-0.15, -0.1) is 0 Å². The average Bonchev–Trinajstić information content (AvgIpc) is 3.11. The molecule has 0 bridgehead atoms. The first kappa shape index (κ1) is 20.0. The van der Waals surface area contributed by atoms with E-state index in [1.807, 2.05) is 48.7 Å². The highest BCUT2D eigenvalue weighted by atomic mass is 35.5. The minimum atomic E-state index is 0.434. The fourth-order valence-corrected chi connectivity index (χ4v) is 3.93. The first-order chi connectivity index (χ1) is 14.7. The fourth-order valence-electron chi connectivity index (χ4n) is 3.40. The van der Waals surface area contributed by atoms with Gasteiger partial charge in [-0.2, -0.15) is 10.4 Å². The Morgan fingerprint density at radius 3 is 2.50 bits per heavy atom. The second kappa shape index (κ2) is 9.04. The lowest BCUT2D eigenvalue weighted by molar-refractivity contribution is 0.748. The van der Waals surface area contributed by atoms with Gasteiger partial charge in [0.25, 0.3) is 0 Å². The SMILES string of the molecule is N#Cc1ccccc1Cn1cc(/C=N\NCc2c(Cl)cccc2Cl)c2ccccc21. The summed E-state index contributed by atoms with van der Waals surface area (Å²) >= 11 is 12.4. The molecule has 0 unspecified atom stereocenters. The number of aromatic nitrogens is 1. The zero-order valence-electron chi connectivity index (χ0n) is 16.0. The lowest BCUT2D eigenvalue weighted by atomic mass is 10.1. The standard InChI is InChI=1S/C24H18Cl2N4/c25-22-9-5-10-23(26)21(22)14-29-28-13-19-16-30(24-11-4-3-8-20(19)24)15-18-7-2-1-6-17(18)12-27/h1-11,13,16,29H,14-15H2/b28-13-. The van der Waals surface area contributed by atoms with Gasteiger partial charge in [0.2, 0.25) is 0 Å². The minimum absolute atomic E-state index is 0.434. The van der Waals surface area contributed by atoms with Crippen LogP contribution in [0, 0.1) is 11.3 Å². The average molecular weight is 433 g/mol. The molecule has 4 rings (SSSR count). The number of hydrogen-bond acceptors (Lipinski definition) is 3. The van der Waals surface area contributed by atoms with Gasteiger partial charge >= 0.3 is 0 Å². The number of nitriles is 1. The molecule has 4 nitrogen and oxygen atoms in total. The van der Waals surface area contributed by atoms with E-state index >= 15 is 0 Å². The van der Waals surface area contributed by atoms with E-state index in [4.69, 9.17) is 23.2 Å². The highest BCUT2D eigenvalue weighted by Gasteiger charge is 2.09. The van der Waals surface area contributed by atoms with Crippen molar-refractivity contribution in [2.75, 3.05) is 0 Å². The van der Waals surface area contributed by atoms with Gasteiger partial charge in [0.05, 0.1) is 24.4 Å². The van der Waals surface area contributed by atoms with Crippen molar-refractivity contribution in [2.45, 2.75) is 13.1 Å². The minimum Gasteiger partial charge on any atom is -0.342 e. The van der Waals surface area contributed by atoms with Gasteiger partial charge in [0, 0.05) is 44.8 Å². The third kappa shape index (κ3) is 4.18. The number of nitrogens with zero attached hydrogens (tertiary/aromatic N) is 3. The predicted octanol–water partition coefficient (Wildman–Crippen LogP) is 5.99. The van der Waals surface area contributed by atoms with Crippen molar-refractivity contribution in [1.82, 2.24) is 9.99 Å². The first-order valence-electron chi connectivity index (χ1n) is 9.42. The summed E-state index contributed by atoms with van der Waals surface area (Å²) in [5.74, 6) is 0. The molecule has 4 aromatic rings. The van der Waals surface area contributed by atoms with Crippen molar-refractivity contribution < 1.29 is 0 Å². The molecule has 0 spiro atoms. The van der Waals surface area contributed by atoms with E-state index in [0.717, 1.165) is 27.6 Å². The zero-order chi connectivity index (χ0) is 20.9. The molecular weight excluding hydrogens is 415 g/mol. The van der Waals surface area contributed by atoms with Crippen molar-refractivity contribution >= 4 is 40.3 Å². The Hall–Kier alpha value is -3.26. The van der Waals surface area contributed by atoms with Gasteiger partial charge in [-0.3, -0.25) is 0 Å².